The van der Waals surface area contributed by atoms with Gasteiger partial charge in [0.25, 0.3) is 5.69 Å². The average Bonchev–Trinajstić information content (AvgIpc) is 3.18. The third kappa shape index (κ3) is 4.00. The van der Waals surface area contributed by atoms with Gasteiger partial charge in [-0.2, -0.15) is 0 Å². The molecule has 0 radical (unpaired) electrons. The lowest BCUT2D eigenvalue weighted by Crippen LogP contribution is -2.08. The molecule has 1 aromatic carbocycles. The Labute approximate surface area is 106 Å². The molecule has 1 fully saturated rings. The third-order valence-electron chi connectivity index (χ3n) is 2.93. The van der Waals surface area contributed by atoms with E-state index in [0.717, 1.165) is 18.9 Å². The van der Waals surface area contributed by atoms with Crippen molar-refractivity contribution in [3.8, 4) is 0 Å². The summed E-state index contributed by atoms with van der Waals surface area (Å²) in [4.78, 5) is 10.4. The molecule has 1 aliphatic carbocycles. The molecule has 1 aliphatic rings. The molecule has 0 aromatic heterocycles. The van der Waals surface area contributed by atoms with Gasteiger partial charge in [-0.05, 0) is 31.2 Å². The number of ether oxygens (including phenoxy) is 1. The topological polar surface area (TPSA) is 64.4 Å². The van der Waals surface area contributed by atoms with Gasteiger partial charge in [-0.15, -0.1) is 0 Å². The van der Waals surface area contributed by atoms with Gasteiger partial charge in [-0.25, -0.2) is 0 Å². The van der Waals surface area contributed by atoms with Crippen LogP contribution in [0.5, 0.6) is 0 Å². The molecule has 1 aromatic rings. The maximum Gasteiger partial charge on any atom is 0.292 e. The molecule has 0 bridgehead atoms. The van der Waals surface area contributed by atoms with Gasteiger partial charge >= 0.3 is 0 Å². The minimum Gasteiger partial charge on any atom is -0.381 e. The van der Waals surface area contributed by atoms with E-state index in [4.69, 9.17) is 4.74 Å². The van der Waals surface area contributed by atoms with Crippen LogP contribution in [-0.4, -0.2) is 24.7 Å². The fourth-order valence-corrected chi connectivity index (χ4v) is 1.71. The SMILES string of the molecule is O=[N+]([O-])c1ccccc1NCCCOCC1CC1. The summed E-state index contributed by atoms with van der Waals surface area (Å²) in [6.45, 7) is 2.27. The van der Waals surface area contributed by atoms with Gasteiger partial charge < -0.3 is 10.1 Å². The lowest BCUT2D eigenvalue weighted by atomic mass is 10.2. The Morgan fingerprint density at radius 2 is 2.17 bits per heavy atom. The minimum atomic E-state index is -0.369. The molecule has 1 N–H and O–H groups in total. The zero-order chi connectivity index (χ0) is 12.8. The Balaban J connectivity index is 1.67. The normalized spacial score (nSPS) is 14.4. The van der Waals surface area contributed by atoms with Gasteiger partial charge in [-0.1, -0.05) is 12.1 Å². The van der Waals surface area contributed by atoms with E-state index in [0.29, 0.717) is 18.8 Å². The number of nitrogens with zero attached hydrogens (tertiary/aromatic N) is 1. The molecule has 5 heteroatoms. The smallest absolute Gasteiger partial charge is 0.292 e. The van der Waals surface area contributed by atoms with E-state index in [1.807, 2.05) is 0 Å². The summed E-state index contributed by atoms with van der Waals surface area (Å²) >= 11 is 0. The molecular formula is C13H18N2O3. The molecule has 98 valence electrons. The first-order valence-corrected chi connectivity index (χ1v) is 6.32. The van der Waals surface area contributed by atoms with Crippen molar-refractivity contribution in [3.05, 3.63) is 34.4 Å². The number of anilines is 1. The van der Waals surface area contributed by atoms with Crippen molar-refractivity contribution in [2.24, 2.45) is 5.92 Å². The Bertz CT molecular complexity index is 405. The van der Waals surface area contributed by atoms with Gasteiger partial charge in [0.15, 0.2) is 0 Å². The highest BCUT2D eigenvalue weighted by atomic mass is 16.6. The summed E-state index contributed by atoms with van der Waals surface area (Å²) in [6.07, 6.45) is 3.46. The standard InChI is InChI=1S/C13H18N2O3/c16-15(17)13-5-2-1-4-12(13)14-8-3-9-18-10-11-6-7-11/h1-2,4-5,11,14H,3,6-10H2. The first-order valence-electron chi connectivity index (χ1n) is 6.32. The summed E-state index contributed by atoms with van der Waals surface area (Å²) in [5.74, 6) is 0.785. The van der Waals surface area contributed by atoms with Gasteiger partial charge in [0, 0.05) is 25.8 Å². The second-order valence-corrected chi connectivity index (χ2v) is 4.57. The quantitative estimate of drug-likeness (QED) is 0.437. The second kappa shape index (κ2) is 6.35. The molecule has 0 heterocycles. The molecule has 0 saturated heterocycles. The first kappa shape index (κ1) is 12.8. The van der Waals surface area contributed by atoms with E-state index in [1.165, 1.54) is 18.9 Å². The first-order chi connectivity index (χ1) is 8.77. The van der Waals surface area contributed by atoms with Crippen molar-refractivity contribution in [2.45, 2.75) is 19.3 Å². The highest BCUT2D eigenvalue weighted by Gasteiger charge is 2.20. The molecule has 18 heavy (non-hydrogen) atoms. The number of hydrogen-bond donors (Lipinski definition) is 1. The van der Waals surface area contributed by atoms with Crippen molar-refractivity contribution in [3.63, 3.8) is 0 Å². The van der Waals surface area contributed by atoms with Crippen LogP contribution >= 0.6 is 0 Å². The maximum absolute atomic E-state index is 10.8. The number of nitrogens with one attached hydrogen (secondary N) is 1. The van der Waals surface area contributed by atoms with Crippen molar-refractivity contribution in [2.75, 3.05) is 25.1 Å². The molecule has 0 atom stereocenters. The number of rotatable bonds is 8. The van der Waals surface area contributed by atoms with Crippen LogP contribution in [0.1, 0.15) is 19.3 Å². The van der Waals surface area contributed by atoms with Crippen LogP contribution in [0.3, 0.4) is 0 Å². The predicted molar refractivity (Wildman–Crippen MR) is 69.7 cm³/mol. The number of para-hydroxylation sites is 2. The molecule has 1 saturated carbocycles. The molecule has 0 aliphatic heterocycles. The minimum absolute atomic E-state index is 0.122. The van der Waals surface area contributed by atoms with Crippen LogP contribution < -0.4 is 5.32 Å². The lowest BCUT2D eigenvalue weighted by molar-refractivity contribution is -0.384. The fourth-order valence-electron chi connectivity index (χ4n) is 1.71. The molecule has 0 unspecified atom stereocenters. The maximum atomic E-state index is 10.8. The zero-order valence-corrected chi connectivity index (χ0v) is 10.3. The van der Waals surface area contributed by atoms with E-state index < -0.39 is 0 Å². The van der Waals surface area contributed by atoms with E-state index in [2.05, 4.69) is 5.32 Å². The largest absolute Gasteiger partial charge is 0.381 e. The molecule has 2 rings (SSSR count). The number of nitro groups is 1. The van der Waals surface area contributed by atoms with Gasteiger partial charge in [0.1, 0.15) is 5.69 Å². The van der Waals surface area contributed by atoms with Crippen LogP contribution in [0.25, 0.3) is 0 Å². The van der Waals surface area contributed by atoms with Crippen LogP contribution in [0, 0.1) is 16.0 Å². The van der Waals surface area contributed by atoms with Crippen LogP contribution in [0.4, 0.5) is 11.4 Å². The number of benzene rings is 1. The van der Waals surface area contributed by atoms with Crippen molar-refractivity contribution in [1.82, 2.24) is 0 Å². The highest BCUT2D eigenvalue weighted by molar-refractivity contribution is 5.60. The lowest BCUT2D eigenvalue weighted by Gasteiger charge is -2.07. The van der Waals surface area contributed by atoms with Gasteiger partial charge in [0.05, 0.1) is 4.92 Å². The Morgan fingerprint density at radius 3 is 2.89 bits per heavy atom. The van der Waals surface area contributed by atoms with E-state index >= 15 is 0 Å². The summed E-state index contributed by atoms with van der Waals surface area (Å²) in [5, 5.41) is 13.9. The molecule has 0 amide bonds. The van der Waals surface area contributed by atoms with Crippen LogP contribution in [0.15, 0.2) is 24.3 Å². The van der Waals surface area contributed by atoms with Crippen molar-refractivity contribution in [1.29, 1.82) is 0 Å². The monoisotopic (exact) mass is 250 g/mol. The van der Waals surface area contributed by atoms with E-state index in [-0.39, 0.29) is 10.6 Å². The van der Waals surface area contributed by atoms with E-state index in [1.54, 1.807) is 18.2 Å². The summed E-state index contributed by atoms with van der Waals surface area (Å²) in [7, 11) is 0. The molecule has 5 nitrogen and oxygen atoms in total. The Kier molecular flexibility index (Phi) is 4.52. The van der Waals surface area contributed by atoms with E-state index in [9.17, 15) is 10.1 Å². The summed E-state index contributed by atoms with van der Waals surface area (Å²) < 4.78 is 5.50. The van der Waals surface area contributed by atoms with Gasteiger partial charge in [-0.3, -0.25) is 10.1 Å². The average molecular weight is 250 g/mol. The van der Waals surface area contributed by atoms with Crippen molar-refractivity contribution >= 4 is 11.4 Å². The Morgan fingerprint density at radius 1 is 1.39 bits per heavy atom. The van der Waals surface area contributed by atoms with Crippen molar-refractivity contribution < 1.29 is 9.66 Å². The Hall–Kier alpha value is -1.62. The second-order valence-electron chi connectivity index (χ2n) is 4.57. The summed E-state index contributed by atoms with van der Waals surface area (Å²) in [5.41, 5.74) is 0.695. The molecule has 0 spiro atoms. The number of nitro benzene ring substituents is 1. The highest BCUT2D eigenvalue weighted by Crippen LogP contribution is 2.28. The summed E-state index contributed by atoms with van der Waals surface area (Å²) in [6, 6.07) is 6.69. The third-order valence-corrected chi connectivity index (χ3v) is 2.93. The zero-order valence-electron chi connectivity index (χ0n) is 10.3. The predicted octanol–water partition coefficient (Wildman–Crippen LogP) is 2.82. The molecular weight excluding hydrogens is 232 g/mol. The van der Waals surface area contributed by atoms with Crippen LogP contribution in [0.2, 0.25) is 0 Å². The van der Waals surface area contributed by atoms with Crippen LogP contribution in [-0.2, 0) is 4.74 Å². The fraction of sp³-hybridized carbons (Fsp3) is 0.538. The number of hydrogen-bond acceptors (Lipinski definition) is 4. The van der Waals surface area contributed by atoms with Gasteiger partial charge in [0.2, 0.25) is 0 Å².